The lowest BCUT2D eigenvalue weighted by Crippen LogP contribution is -3.00. The molecule has 0 saturated carbocycles. The molecule has 0 atom stereocenters. The highest BCUT2D eigenvalue weighted by atomic mass is 79.9. The van der Waals surface area contributed by atoms with Gasteiger partial charge in [-0.2, -0.15) is 5.32 Å². The first-order valence-electron chi connectivity index (χ1n) is 4.31. The molecule has 1 aliphatic rings. The average molecular weight is 345 g/mol. The van der Waals surface area contributed by atoms with Gasteiger partial charge in [0.1, 0.15) is 0 Å². The summed E-state index contributed by atoms with van der Waals surface area (Å²) in [4.78, 5) is 33.7. The summed E-state index contributed by atoms with van der Waals surface area (Å²) in [7, 11) is 0. The molecular formula is C8H13Br2N2O3-. The van der Waals surface area contributed by atoms with Gasteiger partial charge < -0.3 is 34.0 Å². The molecule has 1 saturated heterocycles. The predicted molar refractivity (Wildman–Crippen MR) is 43.5 cm³/mol. The molecule has 5 nitrogen and oxygen atoms in total. The van der Waals surface area contributed by atoms with Crippen molar-refractivity contribution in [3.63, 3.8) is 0 Å². The number of nitrogens with two attached hydrogens (primary N) is 1. The van der Waals surface area contributed by atoms with Crippen molar-refractivity contribution in [3.05, 3.63) is 0 Å². The molecule has 0 aromatic rings. The highest BCUT2D eigenvalue weighted by Crippen LogP contribution is 2.26. The molecule has 1 heterocycles. The number of amides is 4. The first-order chi connectivity index (χ1) is 6.06. The zero-order chi connectivity index (χ0) is 10.1. The van der Waals surface area contributed by atoms with Crippen molar-refractivity contribution in [2.45, 2.75) is 26.7 Å². The van der Waals surface area contributed by atoms with E-state index in [0.29, 0.717) is 12.8 Å². The van der Waals surface area contributed by atoms with E-state index >= 15 is 0 Å². The van der Waals surface area contributed by atoms with E-state index in [1.165, 1.54) is 0 Å². The van der Waals surface area contributed by atoms with E-state index < -0.39 is 17.4 Å². The number of barbiturate groups is 1. The van der Waals surface area contributed by atoms with Gasteiger partial charge in [-0.3, -0.25) is 4.79 Å². The Balaban J connectivity index is 0. The van der Waals surface area contributed by atoms with Crippen LogP contribution in [-0.2, 0) is 9.59 Å². The third-order valence-corrected chi connectivity index (χ3v) is 2.61. The van der Waals surface area contributed by atoms with Gasteiger partial charge in [0, 0.05) is 0 Å². The van der Waals surface area contributed by atoms with Gasteiger partial charge in [0.2, 0.25) is 0 Å². The van der Waals surface area contributed by atoms with Gasteiger partial charge in [0.05, 0.1) is 0 Å². The fraction of sp³-hybridized carbons (Fsp3) is 0.625. The fourth-order valence-electron chi connectivity index (χ4n) is 1.56. The number of quaternary nitrogens is 1. The molecule has 0 unspecified atom stereocenters. The summed E-state index contributed by atoms with van der Waals surface area (Å²) >= 11 is 0. The third-order valence-electron chi connectivity index (χ3n) is 2.61. The maximum absolute atomic E-state index is 11.5. The van der Waals surface area contributed by atoms with Crippen molar-refractivity contribution < 1.29 is 53.7 Å². The lowest BCUT2D eigenvalue weighted by Gasteiger charge is -2.27. The molecule has 0 aromatic carbocycles. The van der Waals surface area contributed by atoms with Crippen molar-refractivity contribution in [3.8, 4) is 0 Å². The summed E-state index contributed by atoms with van der Waals surface area (Å²) in [6.07, 6.45) is 0.857. The predicted octanol–water partition coefficient (Wildman–Crippen LogP) is -6.86. The maximum Gasteiger partial charge on any atom is 0.427 e. The topological polar surface area (TPSA) is 79.8 Å². The Bertz CT molecular complexity index is 255. The SMILES string of the molecule is CCC1(CC)C(=O)NC(=O)[NH2+]C1=O.[Br-].[Br-]. The van der Waals surface area contributed by atoms with Crippen LogP contribution in [0.1, 0.15) is 26.7 Å². The average Bonchev–Trinajstić information content (AvgIpc) is 2.05. The van der Waals surface area contributed by atoms with Gasteiger partial charge in [-0.25, -0.2) is 14.9 Å². The standard InChI is InChI=1S/C8H12N2O3.2BrH/c1-3-8(4-2)5(11)9-7(13)10-6(8)12;;/h3-4H2,1-2H3,(H2,9,10,11,12,13);2*1H/p-1. The first kappa shape index (κ1) is 17.1. The molecule has 4 amide bonds. The van der Waals surface area contributed by atoms with Crippen LogP contribution < -0.4 is 44.6 Å². The van der Waals surface area contributed by atoms with Gasteiger partial charge in [0.15, 0.2) is 5.41 Å². The fourth-order valence-corrected chi connectivity index (χ4v) is 1.56. The lowest BCUT2D eigenvalue weighted by molar-refractivity contribution is -0.481. The molecule has 15 heavy (non-hydrogen) atoms. The minimum Gasteiger partial charge on any atom is -1.00 e. The summed E-state index contributed by atoms with van der Waals surface area (Å²) in [5.41, 5.74) is -1.01. The molecule has 0 spiro atoms. The van der Waals surface area contributed by atoms with Crippen LogP contribution in [0.15, 0.2) is 0 Å². The summed E-state index contributed by atoms with van der Waals surface area (Å²) in [5, 5.41) is 3.11. The number of hydrogen-bond donors (Lipinski definition) is 2. The summed E-state index contributed by atoms with van der Waals surface area (Å²) in [6, 6.07) is -0.604. The summed E-state index contributed by atoms with van der Waals surface area (Å²) in [5.74, 6) is -0.832. The quantitative estimate of drug-likeness (QED) is 0.489. The van der Waals surface area contributed by atoms with E-state index in [1.54, 1.807) is 13.8 Å². The highest BCUT2D eigenvalue weighted by molar-refractivity contribution is 6.11. The van der Waals surface area contributed by atoms with E-state index in [9.17, 15) is 14.4 Å². The van der Waals surface area contributed by atoms with Gasteiger partial charge in [-0.1, -0.05) is 13.8 Å². The van der Waals surface area contributed by atoms with Crippen molar-refractivity contribution in [2.24, 2.45) is 5.41 Å². The van der Waals surface area contributed by atoms with E-state index in [1.807, 2.05) is 0 Å². The number of primary amides is 2. The molecular weight excluding hydrogens is 332 g/mol. The number of carbonyl (C=O) groups is 3. The second-order valence-corrected chi connectivity index (χ2v) is 3.12. The van der Waals surface area contributed by atoms with E-state index in [2.05, 4.69) is 5.32 Å². The molecule has 0 aliphatic carbocycles. The van der Waals surface area contributed by atoms with Crippen LogP contribution in [0.3, 0.4) is 0 Å². The van der Waals surface area contributed by atoms with E-state index in [-0.39, 0.29) is 39.9 Å². The molecule has 3 N–H and O–H groups in total. The van der Waals surface area contributed by atoms with Crippen molar-refractivity contribution in [1.29, 1.82) is 0 Å². The Morgan fingerprint density at radius 1 is 1.13 bits per heavy atom. The van der Waals surface area contributed by atoms with Crippen LogP contribution in [0.5, 0.6) is 0 Å². The Kier molecular flexibility index (Phi) is 7.25. The summed E-state index contributed by atoms with van der Waals surface area (Å²) < 4.78 is 0. The van der Waals surface area contributed by atoms with Crippen LogP contribution in [0.25, 0.3) is 0 Å². The number of hydrogen-bond acceptors (Lipinski definition) is 3. The van der Waals surface area contributed by atoms with Crippen LogP contribution in [0, 0.1) is 5.41 Å². The van der Waals surface area contributed by atoms with Gasteiger partial charge >= 0.3 is 11.9 Å². The zero-order valence-corrected chi connectivity index (χ0v) is 11.6. The number of imide groups is 2. The number of rotatable bonds is 2. The number of halogens is 2. The van der Waals surface area contributed by atoms with Crippen molar-refractivity contribution in [2.75, 3.05) is 0 Å². The Hall–Kier alpha value is -0.270. The Morgan fingerprint density at radius 2 is 1.60 bits per heavy atom. The molecule has 1 rings (SSSR count). The van der Waals surface area contributed by atoms with Crippen LogP contribution in [-0.4, -0.2) is 17.8 Å². The molecule has 88 valence electrons. The van der Waals surface area contributed by atoms with Crippen LogP contribution in [0.4, 0.5) is 4.79 Å². The minimum absolute atomic E-state index is 0. The molecule has 1 aliphatic heterocycles. The van der Waals surface area contributed by atoms with E-state index in [0.717, 1.165) is 5.32 Å². The lowest BCUT2D eigenvalue weighted by atomic mass is 9.79. The second kappa shape index (κ2) is 6.34. The Morgan fingerprint density at radius 3 is 1.93 bits per heavy atom. The van der Waals surface area contributed by atoms with Crippen molar-refractivity contribution in [1.82, 2.24) is 5.32 Å². The molecule has 0 aromatic heterocycles. The number of nitrogens with one attached hydrogen (secondary N) is 1. The van der Waals surface area contributed by atoms with Gasteiger partial charge in [-0.15, -0.1) is 0 Å². The first-order valence-corrected chi connectivity index (χ1v) is 4.31. The molecule has 7 heteroatoms. The van der Waals surface area contributed by atoms with Crippen LogP contribution >= 0.6 is 0 Å². The molecule has 0 bridgehead atoms. The summed E-state index contributed by atoms with van der Waals surface area (Å²) in [6.45, 7) is 3.54. The monoisotopic (exact) mass is 343 g/mol. The molecule has 0 radical (unpaired) electrons. The largest absolute Gasteiger partial charge is 1.00 e. The third kappa shape index (κ3) is 2.85. The van der Waals surface area contributed by atoms with Gasteiger partial charge in [-0.05, 0) is 12.8 Å². The second-order valence-electron chi connectivity index (χ2n) is 3.12. The maximum atomic E-state index is 11.5. The smallest absolute Gasteiger partial charge is 0.427 e. The van der Waals surface area contributed by atoms with E-state index in [4.69, 9.17) is 0 Å². The number of urea groups is 1. The normalized spacial score (nSPS) is 18.7. The Labute approximate surface area is 109 Å². The highest BCUT2D eigenvalue weighted by Gasteiger charge is 2.51. The van der Waals surface area contributed by atoms with Gasteiger partial charge in [0.25, 0.3) is 5.91 Å². The zero-order valence-electron chi connectivity index (χ0n) is 8.47. The molecule has 1 fully saturated rings. The van der Waals surface area contributed by atoms with Crippen molar-refractivity contribution >= 4 is 17.8 Å². The van der Waals surface area contributed by atoms with Crippen LogP contribution in [0.2, 0.25) is 0 Å². The number of carbonyl (C=O) groups excluding carboxylic acids is 3. The minimum atomic E-state index is -1.01.